The molecule has 2 rings (SSSR count). The molecular formula is C13H12F3N3O. The minimum absolute atomic E-state index is 0.292. The predicted molar refractivity (Wildman–Crippen MR) is 66.5 cm³/mol. The second-order valence-corrected chi connectivity index (χ2v) is 4.01. The van der Waals surface area contributed by atoms with E-state index in [9.17, 15) is 13.2 Å². The van der Waals surface area contributed by atoms with Crippen LogP contribution < -0.4 is 16.0 Å². The van der Waals surface area contributed by atoms with Gasteiger partial charge in [0.15, 0.2) is 0 Å². The number of rotatable bonds is 4. The Morgan fingerprint density at radius 3 is 2.50 bits per heavy atom. The fourth-order valence-corrected chi connectivity index (χ4v) is 1.82. The molecular weight excluding hydrogens is 271 g/mol. The summed E-state index contributed by atoms with van der Waals surface area (Å²) < 4.78 is 40.5. The van der Waals surface area contributed by atoms with Crippen LogP contribution in [0.3, 0.4) is 0 Å². The second-order valence-electron chi connectivity index (χ2n) is 4.01. The number of nitrogens with two attached hydrogens (primary N) is 1. The van der Waals surface area contributed by atoms with Gasteiger partial charge in [-0.25, -0.2) is 5.43 Å². The topological polar surface area (TPSA) is 60.2 Å². The van der Waals surface area contributed by atoms with Gasteiger partial charge in [0, 0.05) is 12.4 Å². The molecule has 7 heteroatoms. The number of pyridine rings is 1. The van der Waals surface area contributed by atoms with Crippen LogP contribution in [-0.4, -0.2) is 11.3 Å². The zero-order valence-corrected chi connectivity index (χ0v) is 10.3. The molecule has 1 aromatic carbocycles. The van der Waals surface area contributed by atoms with Gasteiger partial charge in [-0.1, -0.05) is 18.2 Å². The maximum absolute atomic E-state index is 12.2. The summed E-state index contributed by atoms with van der Waals surface area (Å²) in [6.07, 6.45) is -1.54. The second kappa shape index (κ2) is 5.89. The molecule has 2 aromatic rings. The van der Waals surface area contributed by atoms with E-state index in [0.717, 1.165) is 5.56 Å². The van der Waals surface area contributed by atoms with Crippen LogP contribution in [0, 0.1) is 0 Å². The summed E-state index contributed by atoms with van der Waals surface area (Å²) in [5, 5.41) is 0. The first-order valence-electron chi connectivity index (χ1n) is 5.71. The average molecular weight is 283 g/mol. The molecule has 0 aliphatic carbocycles. The fourth-order valence-electron chi connectivity index (χ4n) is 1.82. The van der Waals surface area contributed by atoms with Gasteiger partial charge in [0.05, 0.1) is 6.04 Å². The van der Waals surface area contributed by atoms with E-state index >= 15 is 0 Å². The van der Waals surface area contributed by atoms with E-state index in [1.807, 2.05) is 0 Å². The number of benzene rings is 1. The SMILES string of the molecule is NNC(c1cccnc1)c1cccc(OC(F)(F)F)c1. The van der Waals surface area contributed by atoms with Crippen LogP contribution in [0.5, 0.6) is 5.75 Å². The molecule has 1 atom stereocenters. The Labute approximate surface area is 113 Å². The van der Waals surface area contributed by atoms with Crippen LogP contribution in [0.2, 0.25) is 0 Å². The van der Waals surface area contributed by atoms with E-state index in [1.54, 1.807) is 30.6 Å². The van der Waals surface area contributed by atoms with Gasteiger partial charge in [0.2, 0.25) is 0 Å². The van der Waals surface area contributed by atoms with E-state index in [4.69, 9.17) is 5.84 Å². The van der Waals surface area contributed by atoms with Crippen molar-refractivity contribution in [3.63, 3.8) is 0 Å². The van der Waals surface area contributed by atoms with E-state index in [0.29, 0.717) is 5.56 Å². The highest BCUT2D eigenvalue weighted by atomic mass is 19.4. The van der Waals surface area contributed by atoms with Crippen molar-refractivity contribution in [3.8, 4) is 5.75 Å². The quantitative estimate of drug-likeness (QED) is 0.668. The lowest BCUT2D eigenvalue weighted by atomic mass is 10.0. The van der Waals surface area contributed by atoms with Gasteiger partial charge < -0.3 is 4.74 Å². The van der Waals surface area contributed by atoms with Crippen molar-refractivity contribution >= 4 is 0 Å². The highest BCUT2D eigenvalue weighted by Gasteiger charge is 2.31. The number of ether oxygens (including phenoxy) is 1. The van der Waals surface area contributed by atoms with Crippen LogP contribution in [0.1, 0.15) is 17.2 Å². The number of aromatic nitrogens is 1. The lowest BCUT2D eigenvalue weighted by Crippen LogP contribution is -2.29. The predicted octanol–water partition coefficient (Wildman–Crippen LogP) is 2.53. The molecule has 0 bridgehead atoms. The zero-order valence-electron chi connectivity index (χ0n) is 10.3. The first-order chi connectivity index (χ1) is 9.49. The van der Waals surface area contributed by atoms with Crippen molar-refractivity contribution < 1.29 is 17.9 Å². The van der Waals surface area contributed by atoms with Gasteiger partial charge >= 0.3 is 6.36 Å². The van der Waals surface area contributed by atoms with Crippen LogP contribution in [0.25, 0.3) is 0 Å². The van der Waals surface area contributed by atoms with Gasteiger partial charge in [-0.05, 0) is 29.3 Å². The van der Waals surface area contributed by atoms with E-state index in [2.05, 4.69) is 15.1 Å². The van der Waals surface area contributed by atoms with Crippen LogP contribution in [0.15, 0.2) is 48.8 Å². The highest BCUT2D eigenvalue weighted by Crippen LogP contribution is 2.27. The fraction of sp³-hybridized carbons (Fsp3) is 0.154. The lowest BCUT2D eigenvalue weighted by Gasteiger charge is -2.17. The van der Waals surface area contributed by atoms with Gasteiger partial charge in [-0.2, -0.15) is 0 Å². The molecule has 20 heavy (non-hydrogen) atoms. The number of nitrogens with zero attached hydrogens (tertiary/aromatic N) is 1. The third-order valence-corrected chi connectivity index (χ3v) is 2.61. The normalized spacial score (nSPS) is 13.0. The summed E-state index contributed by atoms with van der Waals surface area (Å²) in [5.74, 6) is 5.18. The molecule has 4 nitrogen and oxygen atoms in total. The third-order valence-electron chi connectivity index (χ3n) is 2.61. The molecule has 0 spiro atoms. The van der Waals surface area contributed by atoms with Crippen molar-refractivity contribution in [1.29, 1.82) is 0 Å². The number of hydrazine groups is 1. The Morgan fingerprint density at radius 1 is 1.15 bits per heavy atom. The molecule has 0 saturated carbocycles. The molecule has 0 amide bonds. The Kier molecular flexibility index (Phi) is 4.21. The molecule has 1 aromatic heterocycles. The van der Waals surface area contributed by atoms with E-state index < -0.39 is 12.4 Å². The molecule has 0 saturated heterocycles. The van der Waals surface area contributed by atoms with E-state index in [-0.39, 0.29) is 5.75 Å². The maximum Gasteiger partial charge on any atom is 0.573 e. The smallest absolute Gasteiger partial charge is 0.406 e. The van der Waals surface area contributed by atoms with Crippen molar-refractivity contribution in [1.82, 2.24) is 10.4 Å². The van der Waals surface area contributed by atoms with Crippen molar-refractivity contribution in [2.45, 2.75) is 12.4 Å². The summed E-state index contributed by atoms with van der Waals surface area (Å²) in [7, 11) is 0. The summed E-state index contributed by atoms with van der Waals surface area (Å²) in [4.78, 5) is 3.95. The minimum atomic E-state index is -4.72. The molecule has 106 valence electrons. The van der Waals surface area contributed by atoms with Crippen molar-refractivity contribution in [2.75, 3.05) is 0 Å². The zero-order chi connectivity index (χ0) is 14.6. The molecule has 3 N–H and O–H groups in total. The Hall–Kier alpha value is -2.12. The Morgan fingerprint density at radius 2 is 1.90 bits per heavy atom. The van der Waals surface area contributed by atoms with Crippen molar-refractivity contribution in [3.05, 3.63) is 59.9 Å². The van der Waals surface area contributed by atoms with Gasteiger partial charge in [-0.3, -0.25) is 10.8 Å². The Balaban J connectivity index is 2.29. The summed E-state index contributed by atoms with van der Waals surface area (Å²) in [5.41, 5.74) is 3.83. The van der Waals surface area contributed by atoms with Crippen LogP contribution in [0.4, 0.5) is 13.2 Å². The average Bonchev–Trinajstić information content (AvgIpc) is 2.39. The molecule has 0 fully saturated rings. The number of hydrogen-bond acceptors (Lipinski definition) is 4. The molecule has 0 aliphatic heterocycles. The van der Waals surface area contributed by atoms with Gasteiger partial charge in [0.1, 0.15) is 5.75 Å². The van der Waals surface area contributed by atoms with Crippen molar-refractivity contribution in [2.24, 2.45) is 5.84 Å². The number of halogens is 3. The van der Waals surface area contributed by atoms with Crippen LogP contribution in [-0.2, 0) is 0 Å². The summed E-state index contributed by atoms with van der Waals surface area (Å²) in [6.45, 7) is 0. The summed E-state index contributed by atoms with van der Waals surface area (Å²) in [6, 6.07) is 8.65. The summed E-state index contributed by atoms with van der Waals surface area (Å²) >= 11 is 0. The maximum atomic E-state index is 12.2. The van der Waals surface area contributed by atoms with Gasteiger partial charge in [0.25, 0.3) is 0 Å². The number of alkyl halides is 3. The Bertz CT molecular complexity index is 560. The molecule has 1 unspecified atom stereocenters. The standard InChI is InChI=1S/C13H12F3N3O/c14-13(15,16)20-11-5-1-3-9(7-11)12(19-17)10-4-2-6-18-8-10/h1-8,12,19H,17H2. The van der Waals surface area contributed by atoms with E-state index in [1.165, 1.54) is 18.2 Å². The first kappa shape index (κ1) is 14.3. The monoisotopic (exact) mass is 283 g/mol. The third kappa shape index (κ3) is 3.69. The molecule has 0 radical (unpaired) electrons. The van der Waals surface area contributed by atoms with Gasteiger partial charge in [-0.15, -0.1) is 13.2 Å². The van der Waals surface area contributed by atoms with Crippen LogP contribution >= 0.6 is 0 Å². The first-order valence-corrected chi connectivity index (χ1v) is 5.71. The molecule has 0 aliphatic rings. The highest BCUT2D eigenvalue weighted by molar-refractivity contribution is 5.35. The largest absolute Gasteiger partial charge is 0.573 e. The molecule has 1 heterocycles. The lowest BCUT2D eigenvalue weighted by molar-refractivity contribution is -0.274. The number of nitrogens with one attached hydrogen (secondary N) is 1. The number of hydrogen-bond donors (Lipinski definition) is 2. The minimum Gasteiger partial charge on any atom is -0.406 e.